The van der Waals surface area contributed by atoms with Gasteiger partial charge >= 0.3 is 0 Å². The molecule has 2 heterocycles. The Morgan fingerprint density at radius 1 is 1.11 bits per heavy atom. The van der Waals surface area contributed by atoms with E-state index >= 15 is 0 Å². The van der Waals surface area contributed by atoms with E-state index in [9.17, 15) is 14.0 Å². The van der Waals surface area contributed by atoms with Gasteiger partial charge in [0.15, 0.2) is 0 Å². The summed E-state index contributed by atoms with van der Waals surface area (Å²) in [5.41, 5.74) is 3.37. The Balaban J connectivity index is 1.47. The standard InChI is InChI=1S/C21H23FN4O2/c1-14-7-6-12-26-19(15(2)25-20(14)26)21(28)23-11-5-10-18(27)24-13-16-8-3-4-9-17(16)22/h3-4,6-9,12H,5,10-11,13H2,1-2H3,(H,23,28)(H,24,27). The van der Waals surface area contributed by atoms with Crippen molar-refractivity contribution in [2.24, 2.45) is 0 Å². The zero-order valence-corrected chi connectivity index (χ0v) is 16.0. The molecule has 0 radical (unpaired) electrons. The first-order valence-electron chi connectivity index (χ1n) is 9.20. The number of aromatic nitrogens is 2. The topological polar surface area (TPSA) is 75.5 Å². The van der Waals surface area contributed by atoms with E-state index in [1.807, 2.05) is 25.3 Å². The highest BCUT2D eigenvalue weighted by molar-refractivity contribution is 5.94. The summed E-state index contributed by atoms with van der Waals surface area (Å²) in [6.07, 6.45) is 2.55. The van der Waals surface area contributed by atoms with Crippen LogP contribution in [0.25, 0.3) is 5.65 Å². The Morgan fingerprint density at radius 2 is 1.89 bits per heavy atom. The molecule has 28 heavy (non-hydrogen) atoms. The van der Waals surface area contributed by atoms with E-state index < -0.39 is 0 Å². The third kappa shape index (κ3) is 4.36. The molecule has 7 heteroatoms. The zero-order chi connectivity index (χ0) is 20.1. The molecule has 2 aromatic heterocycles. The van der Waals surface area contributed by atoms with E-state index in [0.29, 0.717) is 29.9 Å². The van der Waals surface area contributed by atoms with Crippen molar-refractivity contribution in [3.8, 4) is 0 Å². The molecule has 2 N–H and O–H groups in total. The van der Waals surface area contributed by atoms with E-state index in [0.717, 1.165) is 11.2 Å². The van der Waals surface area contributed by atoms with Gasteiger partial charge in [-0.1, -0.05) is 24.3 Å². The van der Waals surface area contributed by atoms with Crippen molar-refractivity contribution in [1.82, 2.24) is 20.0 Å². The van der Waals surface area contributed by atoms with Gasteiger partial charge in [0.1, 0.15) is 17.2 Å². The maximum atomic E-state index is 13.5. The highest BCUT2D eigenvalue weighted by atomic mass is 19.1. The second kappa shape index (κ2) is 8.65. The number of imidazole rings is 1. The molecule has 0 aliphatic rings. The SMILES string of the molecule is Cc1nc2c(C)cccn2c1C(=O)NCCCC(=O)NCc1ccccc1F. The number of amides is 2. The number of rotatable bonds is 7. The fourth-order valence-electron chi connectivity index (χ4n) is 3.05. The number of nitrogens with zero attached hydrogens (tertiary/aromatic N) is 2. The van der Waals surface area contributed by atoms with Gasteiger partial charge in [-0.2, -0.15) is 0 Å². The first-order chi connectivity index (χ1) is 13.5. The zero-order valence-electron chi connectivity index (χ0n) is 16.0. The molecule has 3 rings (SSSR count). The largest absolute Gasteiger partial charge is 0.352 e. The average molecular weight is 382 g/mol. The highest BCUT2D eigenvalue weighted by Crippen LogP contribution is 2.15. The van der Waals surface area contributed by atoms with E-state index in [1.54, 1.807) is 29.5 Å². The second-order valence-corrected chi connectivity index (χ2v) is 6.66. The molecule has 0 aliphatic heterocycles. The lowest BCUT2D eigenvalue weighted by Gasteiger charge is -2.08. The third-order valence-electron chi connectivity index (χ3n) is 4.53. The number of hydrogen-bond donors (Lipinski definition) is 2. The molecular formula is C21H23FN4O2. The predicted octanol–water partition coefficient (Wildman–Crippen LogP) is 2.92. The molecule has 0 bridgehead atoms. The van der Waals surface area contributed by atoms with Crippen molar-refractivity contribution in [2.45, 2.75) is 33.2 Å². The summed E-state index contributed by atoms with van der Waals surface area (Å²) in [6.45, 7) is 4.27. The van der Waals surface area contributed by atoms with Crippen molar-refractivity contribution in [1.29, 1.82) is 0 Å². The Bertz CT molecular complexity index is 1010. The molecule has 0 unspecified atom stereocenters. The minimum absolute atomic E-state index is 0.151. The van der Waals surface area contributed by atoms with Crippen LogP contribution in [0.1, 0.15) is 40.2 Å². The van der Waals surface area contributed by atoms with E-state index in [1.165, 1.54) is 6.07 Å². The van der Waals surface area contributed by atoms with Gasteiger partial charge in [0.2, 0.25) is 5.91 Å². The molecule has 2 amide bonds. The van der Waals surface area contributed by atoms with Crippen LogP contribution in [-0.4, -0.2) is 27.7 Å². The number of nitrogens with one attached hydrogen (secondary N) is 2. The number of aryl methyl sites for hydroxylation is 2. The van der Waals surface area contributed by atoms with Gasteiger partial charge in [0.05, 0.1) is 5.69 Å². The molecule has 0 fully saturated rings. The minimum atomic E-state index is -0.339. The minimum Gasteiger partial charge on any atom is -0.352 e. The molecule has 1 aromatic carbocycles. The van der Waals surface area contributed by atoms with Crippen LogP contribution < -0.4 is 10.6 Å². The van der Waals surface area contributed by atoms with Crippen molar-refractivity contribution >= 4 is 17.5 Å². The molecule has 0 saturated carbocycles. The molecule has 0 aliphatic carbocycles. The van der Waals surface area contributed by atoms with Crippen LogP contribution in [0.4, 0.5) is 4.39 Å². The summed E-state index contributed by atoms with van der Waals surface area (Å²) >= 11 is 0. The van der Waals surface area contributed by atoms with Gasteiger partial charge in [0, 0.05) is 31.3 Å². The molecular weight excluding hydrogens is 359 g/mol. The molecule has 0 spiro atoms. The number of pyridine rings is 1. The Kier molecular flexibility index (Phi) is 6.03. The number of carbonyl (C=O) groups excluding carboxylic acids is 2. The van der Waals surface area contributed by atoms with Crippen molar-refractivity contribution in [3.63, 3.8) is 0 Å². The van der Waals surface area contributed by atoms with Crippen LogP contribution in [0.15, 0.2) is 42.6 Å². The third-order valence-corrected chi connectivity index (χ3v) is 4.53. The van der Waals surface area contributed by atoms with E-state index in [2.05, 4.69) is 15.6 Å². The highest BCUT2D eigenvalue weighted by Gasteiger charge is 2.17. The normalized spacial score (nSPS) is 10.8. The lowest BCUT2D eigenvalue weighted by Crippen LogP contribution is -2.28. The van der Waals surface area contributed by atoms with Crippen LogP contribution in [0, 0.1) is 19.7 Å². The fourth-order valence-corrected chi connectivity index (χ4v) is 3.05. The molecule has 3 aromatic rings. The quantitative estimate of drug-likeness (QED) is 0.617. The number of benzene rings is 1. The average Bonchev–Trinajstić information content (AvgIpc) is 3.02. The van der Waals surface area contributed by atoms with Gasteiger partial charge in [-0.3, -0.25) is 14.0 Å². The fraction of sp³-hybridized carbons (Fsp3) is 0.286. The number of hydrogen-bond acceptors (Lipinski definition) is 3. The Morgan fingerprint density at radius 3 is 2.68 bits per heavy atom. The molecule has 0 atom stereocenters. The number of fused-ring (bicyclic) bond motifs is 1. The molecule has 6 nitrogen and oxygen atoms in total. The maximum Gasteiger partial charge on any atom is 0.270 e. The van der Waals surface area contributed by atoms with E-state index in [-0.39, 0.29) is 30.6 Å². The van der Waals surface area contributed by atoms with Gasteiger partial charge in [-0.25, -0.2) is 9.37 Å². The second-order valence-electron chi connectivity index (χ2n) is 6.66. The monoisotopic (exact) mass is 382 g/mol. The van der Waals surface area contributed by atoms with Gasteiger partial charge in [-0.15, -0.1) is 0 Å². The molecule has 0 saturated heterocycles. The number of halogens is 1. The van der Waals surface area contributed by atoms with Crippen molar-refractivity contribution in [2.75, 3.05) is 6.54 Å². The van der Waals surface area contributed by atoms with Crippen LogP contribution in [0.3, 0.4) is 0 Å². The van der Waals surface area contributed by atoms with Crippen molar-refractivity contribution < 1.29 is 14.0 Å². The summed E-state index contributed by atoms with van der Waals surface area (Å²) in [5.74, 6) is -0.741. The Labute approximate surface area is 162 Å². The lowest BCUT2D eigenvalue weighted by atomic mass is 10.2. The summed E-state index contributed by atoms with van der Waals surface area (Å²) in [7, 11) is 0. The summed E-state index contributed by atoms with van der Waals surface area (Å²) in [6, 6.07) is 10.2. The first-order valence-corrected chi connectivity index (χ1v) is 9.20. The predicted molar refractivity (Wildman–Crippen MR) is 104 cm³/mol. The van der Waals surface area contributed by atoms with E-state index in [4.69, 9.17) is 0 Å². The Hall–Kier alpha value is -3.22. The molecule has 146 valence electrons. The van der Waals surface area contributed by atoms with Gasteiger partial charge in [0.25, 0.3) is 5.91 Å². The summed E-state index contributed by atoms with van der Waals surface area (Å²) in [5, 5.41) is 5.53. The van der Waals surface area contributed by atoms with Crippen LogP contribution >= 0.6 is 0 Å². The summed E-state index contributed by atoms with van der Waals surface area (Å²) in [4.78, 5) is 28.9. The summed E-state index contributed by atoms with van der Waals surface area (Å²) < 4.78 is 15.3. The van der Waals surface area contributed by atoms with Gasteiger partial charge in [-0.05, 0) is 38.0 Å². The van der Waals surface area contributed by atoms with Gasteiger partial charge < -0.3 is 10.6 Å². The van der Waals surface area contributed by atoms with Crippen LogP contribution in [0.2, 0.25) is 0 Å². The lowest BCUT2D eigenvalue weighted by molar-refractivity contribution is -0.121. The van der Waals surface area contributed by atoms with Crippen LogP contribution in [-0.2, 0) is 11.3 Å². The van der Waals surface area contributed by atoms with Crippen LogP contribution in [0.5, 0.6) is 0 Å². The van der Waals surface area contributed by atoms with Crippen molar-refractivity contribution in [3.05, 3.63) is 70.9 Å². The maximum absolute atomic E-state index is 13.5. The number of carbonyl (C=O) groups is 2. The smallest absolute Gasteiger partial charge is 0.270 e. The first kappa shape index (κ1) is 19.5.